The second kappa shape index (κ2) is 5.65. The predicted molar refractivity (Wildman–Crippen MR) is 71.5 cm³/mol. The number of methoxy groups -OCH3 is 1. The molecule has 1 unspecified atom stereocenters. The molecule has 1 aromatic rings. The van der Waals surface area contributed by atoms with E-state index in [1.807, 2.05) is 6.92 Å². The zero-order valence-corrected chi connectivity index (χ0v) is 11.6. The molecule has 1 rings (SSSR count). The van der Waals surface area contributed by atoms with Gasteiger partial charge in [0.25, 0.3) is 0 Å². The summed E-state index contributed by atoms with van der Waals surface area (Å²) in [5.41, 5.74) is 4.37. The standard InChI is InChI=1S/C15H24O2/c1-11-8-12(2)14(13(3)9-11)10-15(4,16)6-7-17-5/h8-9,16H,6-7,10H2,1-5H3. The maximum atomic E-state index is 10.3. The van der Waals surface area contributed by atoms with Crippen LogP contribution < -0.4 is 0 Å². The molecule has 0 aliphatic heterocycles. The first-order chi connectivity index (χ1) is 7.85. The van der Waals surface area contributed by atoms with Crippen molar-refractivity contribution in [2.24, 2.45) is 0 Å². The van der Waals surface area contributed by atoms with Gasteiger partial charge in [0.05, 0.1) is 5.60 Å². The van der Waals surface area contributed by atoms with E-state index < -0.39 is 5.60 Å². The first-order valence-electron chi connectivity index (χ1n) is 6.14. The minimum Gasteiger partial charge on any atom is -0.390 e. The highest BCUT2D eigenvalue weighted by atomic mass is 16.5. The Hall–Kier alpha value is -0.860. The van der Waals surface area contributed by atoms with E-state index in [0.717, 1.165) is 0 Å². The largest absolute Gasteiger partial charge is 0.390 e. The van der Waals surface area contributed by atoms with Gasteiger partial charge in [-0.3, -0.25) is 0 Å². The molecule has 1 aromatic carbocycles. The van der Waals surface area contributed by atoms with Gasteiger partial charge in [-0.15, -0.1) is 0 Å². The fourth-order valence-corrected chi connectivity index (χ4v) is 2.28. The molecule has 96 valence electrons. The van der Waals surface area contributed by atoms with Crippen molar-refractivity contribution in [3.05, 3.63) is 34.4 Å². The van der Waals surface area contributed by atoms with Crippen LogP contribution in [0.15, 0.2) is 12.1 Å². The highest BCUT2D eigenvalue weighted by Gasteiger charge is 2.22. The molecule has 0 aromatic heterocycles. The van der Waals surface area contributed by atoms with E-state index in [-0.39, 0.29) is 0 Å². The Bertz CT molecular complexity index is 358. The van der Waals surface area contributed by atoms with Crippen molar-refractivity contribution in [3.8, 4) is 0 Å². The Morgan fingerprint density at radius 2 is 1.71 bits per heavy atom. The first-order valence-corrected chi connectivity index (χ1v) is 6.14. The number of benzene rings is 1. The van der Waals surface area contributed by atoms with Gasteiger partial charge in [-0.25, -0.2) is 0 Å². The lowest BCUT2D eigenvalue weighted by molar-refractivity contribution is 0.0247. The van der Waals surface area contributed by atoms with Crippen LogP contribution in [-0.2, 0) is 11.2 Å². The topological polar surface area (TPSA) is 29.5 Å². The Labute approximate surface area is 105 Å². The summed E-state index contributed by atoms with van der Waals surface area (Å²) in [4.78, 5) is 0. The molecule has 0 radical (unpaired) electrons. The van der Waals surface area contributed by atoms with E-state index in [0.29, 0.717) is 19.4 Å². The third-order valence-corrected chi connectivity index (χ3v) is 3.24. The summed E-state index contributed by atoms with van der Waals surface area (Å²) < 4.78 is 5.03. The predicted octanol–water partition coefficient (Wildman–Crippen LogP) is 2.94. The molecule has 0 aliphatic carbocycles. The van der Waals surface area contributed by atoms with Crippen molar-refractivity contribution in [1.29, 1.82) is 0 Å². The van der Waals surface area contributed by atoms with Gasteiger partial charge in [0, 0.05) is 20.1 Å². The minimum absolute atomic E-state index is 0.594. The molecule has 0 saturated heterocycles. The zero-order valence-electron chi connectivity index (χ0n) is 11.6. The Kier molecular flexibility index (Phi) is 4.72. The maximum Gasteiger partial charge on any atom is 0.0682 e. The van der Waals surface area contributed by atoms with Crippen molar-refractivity contribution in [2.75, 3.05) is 13.7 Å². The zero-order chi connectivity index (χ0) is 13.1. The van der Waals surface area contributed by atoms with Crippen LogP contribution in [-0.4, -0.2) is 24.4 Å². The number of aliphatic hydroxyl groups is 1. The molecule has 0 spiro atoms. The summed E-state index contributed by atoms with van der Waals surface area (Å²) >= 11 is 0. The molecule has 1 atom stereocenters. The molecule has 0 bridgehead atoms. The lowest BCUT2D eigenvalue weighted by Gasteiger charge is -2.25. The summed E-state index contributed by atoms with van der Waals surface area (Å²) in [5, 5.41) is 10.3. The van der Waals surface area contributed by atoms with Gasteiger partial charge in [0.1, 0.15) is 0 Å². The van der Waals surface area contributed by atoms with Gasteiger partial charge >= 0.3 is 0 Å². The number of ether oxygens (including phenoxy) is 1. The van der Waals surface area contributed by atoms with E-state index in [4.69, 9.17) is 4.74 Å². The van der Waals surface area contributed by atoms with Crippen LogP contribution in [0.3, 0.4) is 0 Å². The SMILES string of the molecule is COCCC(C)(O)Cc1c(C)cc(C)cc1C. The van der Waals surface area contributed by atoms with Crippen molar-refractivity contribution in [1.82, 2.24) is 0 Å². The summed E-state index contributed by atoms with van der Waals surface area (Å²) in [6.07, 6.45) is 1.35. The lowest BCUT2D eigenvalue weighted by Crippen LogP contribution is -2.29. The lowest BCUT2D eigenvalue weighted by atomic mass is 9.88. The van der Waals surface area contributed by atoms with Crippen LogP contribution in [0.1, 0.15) is 35.6 Å². The summed E-state index contributed by atoms with van der Waals surface area (Å²) in [6.45, 7) is 8.80. The van der Waals surface area contributed by atoms with Crippen molar-refractivity contribution < 1.29 is 9.84 Å². The number of aryl methyl sites for hydroxylation is 3. The van der Waals surface area contributed by atoms with Crippen LogP contribution in [0, 0.1) is 20.8 Å². The third-order valence-electron chi connectivity index (χ3n) is 3.24. The molecule has 1 N–H and O–H groups in total. The van der Waals surface area contributed by atoms with Gasteiger partial charge in [-0.2, -0.15) is 0 Å². The summed E-state index contributed by atoms with van der Waals surface area (Å²) in [7, 11) is 1.67. The molecular weight excluding hydrogens is 212 g/mol. The fourth-order valence-electron chi connectivity index (χ4n) is 2.28. The van der Waals surface area contributed by atoms with E-state index in [1.54, 1.807) is 7.11 Å². The van der Waals surface area contributed by atoms with Gasteiger partial charge in [0.2, 0.25) is 0 Å². The van der Waals surface area contributed by atoms with E-state index in [2.05, 4.69) is 32.9 Å². The van der Waals surface area contributed by atoms with Crippen molar-refractivity contribution in [3.63, 3.8) is 0 Å². The van der Waals surface area contributed by atoms with Crippen LogP contribution in [0.25, 0.3) is 0 Å². The number of rotatable bonds is 5. The van der Waals surface area contributed by atoms with Crippen LogP contribution in [0.5, 0.6) is 0 Å². The maximum absolute atomic E-state index is 10.3. The summed E-state index contributed by atoms with van der Waals surface area (Å²) in [6, 6.07) is 4.35. The van der Waals surface area contributed by atoms with E-state index in [1.165, 1.54) is 22.3 Å². The Morgan fingerprint density at radius 3 is 2.18 bits per heavy atom. The number of hydrogen-bond donors (Lipinski definition) is 1. The number of hydrogen-bond acceptors (Lipinski definition) is 2. The molecule has 0 fully saturated rings. The van der Waals surface area contributed by atoms with Gasteiger partial charge < -0.3 is 9.84 Å². The first kappa shape index (κ1) is 14.2. The van der Waals surface area contributed by atoms with Crippen LogP contribution in [0.2, 0.25) is 0 Å². The van der Waals surface area contributed by atoms with E-state index >= 15 is 0 Å². The van der Waals surface area contributed by atoms with Crippen LogP contribution in [0.4, 0.5) is 0 Å². The van der Waals surface area contributed by atoms with Gasteiger partial charge in [-0.05, 0) is 50.8 Å². The summed E-state index contributed by atoms with van der Waals surface area (Å²) in [5.74, 6) is 0. The molecule has 17 heavy (non-hydrogen) atoms. The molecule has 0 aliphatic rings. The Morgan fingerprint density at radius 1 is 1.18 bits per heavy atom. The average molecular weight is 236 g/mol. The fraction of sp³-hybridized carbons (Fsp3) is 0.600. The highest BCUT2D eigenvalue weighted by Crippen LogP contribution is 2.23. The quantitative estimate of drug-likeness (QED) is 0.851. The van der Waals surface area contributed by atoms with Crippen molar-refractivity contribution >= 4 is 0 Å². The second-order valence-corrected chi connectivity index (χ2v) is 5.29. The minimum atomic E-state index is -0.694. The van der Waals surface area contributed by atoms with Crippen LogP contribution >= 0.6 is 0 Å². The second-order valence-electron chi connectivity index (χ2n) is 5.29. The molecule has 0 amide bonds. The molecule has 0 heterocycles. The van der Waals surface area contributed by atoms with E-state index in [9.17, 15) is 5.11 Å². The highest BCUT2D eigenvalue weighted by molar-refractivity contribution is 5.38. The normalized spacial score (nSPS) is 14.7. The van der Waals surface area contributed by atoms with Crippen molar-refractivity contribution in [2.45, 2.75) is 46.1 Å². The third kappa shape index (κ3) is 4.14. The van der Waals surface area contributed by atoms with Gasteiger partial charge in [-0.1, -0.05) is 17.7 Å². The van der Waals surface area contributed by atoms with Gasteiger partial charge in [0.15, 0.2) is 0 Å². The molecular formula is C15H24O2. The average Bonchev–Trinajstić information content (AvgIpc) is 2.21. The molecule has 0 saturated carbocycles. The Balaban J connectivity index is 2.87. The smallest absolute Gasteiger partial charge is 0.0682 e. The molecule has 2 heteroatoms. The molecule has 2 nitrogen and oxygen atoms in total. The monoisotopic (exact) mass is 236 g/mol.